The number of methoxy groups -OCH3 is 1. The number of aryl methyl sites for hydroxylation is 2. The molecule has 2 N–H and O–H groups in total. The van der Waals surface area contributed by atoms with Gasteiger partial charge in [0.15, 0.2) is 0 Å². The summed E-state index contributed by atoms with van der Waals surface area (Å²) in [4.78, 5) is 11.3. The van der Waals surface area contributed by atoms with Gasteiger partial charge in [-0.3, -0.25) is 4.79 Å². The molecule has 0 aliphatic heterocycles. The van der Waals surface area contributed by atoms with E-state index in [-0.39, 0.29) is 24.3 Å². The minimum absolute atomic E-state index is 0.0739. The third-order valence-electron chi connectivity index (χ3n) is 5.32. The minimum Gasteiger partial charge on any atom is -0.469 e. The van der Waals surface area contributed by atoms with Gasteiger partial charge in [-0.2, -0.15) is 13.2 Å². The van der Waals surface area contributed by atoms with Gasteiger partial charge in [0, 0.05) is 12.1 Å². The lowest BCUT2D eigenvalue weighted by molar-refractivity contribution is -0.140. The van der Waals surface area contributed by atoms with Crippen LogP contribution >= 0.6 is 0 Å². The highest BCUT2D eigenvalue weighted by Gasteiger charge is 2.31. The van der Waals surface area contributed by atoms with Crippen molar-refractivity contribution in [3.05, 3.63) is 94.5 Å². The molecule has 0 unspecified atom stereocenters. The molecule has 7 heteroatoms. The lowest BCUT2D eigenvalue weighted by Crippen LogP contribution is -2.08. The number of hydrogen-bond donors (Lipinski definition) is 1. The van der Waals surface area contributed by atoms with Crippen LogP contribution in [0.1, 0.15) is 34.2 Å². The standard InChI is InChI=1S/C17H16F3NO3.C9H10/c1-23-16(22)8-11-3-2-4-14(7-11)24-15-6-5-13(17(18,19)20)9-12(15)10-21;1-2-5-9-7-3-6-8(9)4-1/h2-7,9H,8,10,21H2,1H3;1-2,4-5H,3,6-7H2. The Labute approximate surface area is 191 Å². The number of rotatable bonds is 5. The fourth-order valence-electron chi connectivity index (χ4n) is 3.61. The fraction of sp³-hybridized carbons (Fsp3) is 0.269. The first-order valence-electron chi connectivity index (χ1n) is 10.6. The van der Waals surface area contributed by atoms with Gasteiger partial charge in [-0.1, -0.05) is 36.4 Å². The third-order valence-corrected chi connectivity index (χ3v) is 5.32. The second-order valence-corrected chi connectivity index (χ2v) is 7.65. The molecule has 0 bridgehead atoms. The molecule has 0 radical (unpaired) electrons. The Morgan fingerprint density at radius 3 is 2.27 bits per heavy atom. The van der Waals surface area contributed by atoms with Gasteiger partial charge in [0.2, 0.25) is 0 Å². The van der Waals surface area contributed by atoms with Gasteiger partial charge in [-0.25, -0.2) is 0 Å². The Bertz CT molecular complexity index is 1070. The molecule has 0 spiro atoms. The van der Waals surface area contributed by atoms with E-state index in [9.17, 15) is 18.0 Å². The molecule has 0 fully saturated rings. The summed E-state index contributed by atoms with van der Waals surface area (Å²) in [6.45, 7) is -0.0961. The van der Waals surface area contributed by atoms with E-state index in [2.05, 4.69) is 29.0 Å². The van der Waals surface area contributed by atoms with Crippen molar-refractivity contribution in [3.8, 4) is 11.5 Å². The maximum atomic E-state index is 12.7. The van der Waals surface area contributed by atoms with Crippen LogP contribution in [0, 0.1) is 0 Å². The summed E-state index contributed by atoms with van der Waals surface area (Å²) in [5, 5.41) is 0. The Hall–Kier alpha value is -3.32. The smallest absolute Gasteiger partial charge is 0.416 e. The Morgan fingerprint density at radius 1 is 0.970 bits per heavy atom. The number of halogens is 3. The number of carbonyl (C=O) groups excluding carboxylic acids is 1. The number of hydrogen-bond acceptors (Lipinski definition) is 4. The molecule has 0 amide bonds. The van der Waals surface area contributed by atoms with Crippen LogP contribution in [0.3, 0.4) is 0 Å². The molecule has 3 aromatic carbocycles. The van der Waals surface area contributed by atoms with Crippen molar-refractivity contribution in [3.63, 3.8) is 0 Å². The summed E-state index contributed by atoms with van der Waals surface area (Å²) in [6, 6.07) is 18.5. The number of benzene rings is 3. The topological polar surface area (TPSA) is 61.5 Å². The summed E-state index contributed by atoms with van der Waals surface area (Å²) in [5.74, 6) is 0.232. The Balaban J connectivity index is 0.000000280. The van der Waals surface area contributed by atoms with Crippen LogP contribution in [0.25, 0.3) is 0 Å². The molecule has 4 nitrogen and oxygen atoms in total. The second-order valence-electron chi connectivity index (χ2n) is 7.65. The lowest BCUT2D eigenvalue weighted by atomic mass is 10.1. The summed E-state index contributed by atoms with van der Waals surface area (Å²) >= 11 is 0. The highest BCUT2D eigenvalue weighted by atomic mass is 19.4. The molecule has 33 heavy (non-hydrogen) atoms. The first-order valence-corrected chi connectivity index (χ1v) is 10.6. The van der Waals surface area contributed by atoms with Gasteiger partial charge in [0.1, 0.15) is 11.5 Å². The maximum absolute atomic E-state index is 12.7. The van der Waals surface area contributed by atoms with Crippen LogP contribution in [-0.2, 0) is 41.5 Å². The zero-order valence-corrected chi connectivity index (χ0v) is 18.3. The number of alkyl halides is 3. The van der Waals surface area contributed by atoms with Crippen LogP contribution in [-0.4, -0.2) is 13.1 Å². The highest BCUT2D eigenvalue weighted by Crippen LogP contribution is 2.34. The quantitative estimate of drug-likeness (QED) is 0.489. The molecule has 0 saturated carbocycles. The number of ether oxygens (including phenoxy) is 2. The van der Waals surface area contributed by atoms with Crippen molar-refractivity contribution < 1.29 is 27.4 Å². The minimum atomic E-state index is -4.44. The lowest BCUT2D eigenvalue weighted by Gasteiger charge is -2.14. The molecule has 0 heterocycles. The van der Waals surface area contributed by atoms with Crippen LogP contribution in [0.2, 0.25) is 0 Å². The van der Waals surface area contributed by atoms with Crippen molar-refractivity contribution in [2.45, 2.75) is 38.4 Å². The third kappa shape index (κ3) is 6.83. The predicted octanol–water partition coefficient (Wildman–Crippen LogP) is 5.85. The number of esters is 1. The van der Waals surface area contributed by atoms with E-state index >= 15 is 0 Å². The van der Waals surface area contributed by atoms with Crippen molar-refractivity contribution in [1.82, 2.24) is 0 Å². The monoisotopic (exact) mass is 457 g/mol. The van der Waals surface area contributed by atoms with E-state index in [0.717, 1.165) is 12.1 Å². The second kappa shape index (κ2) is 11.0. The number of carbonyl (C=O) groups is 1. The molecule has 174 valence electrons. The van der Waals surface area contributed by atoms with Gasteiger partial charge in [-0.15, -0.1) is 0 Å². The first-order chi connectivity index (χ1) is 15.8. The highest BCUT2D eigenvalue weighted by molar-refractivity contribution is 5.72. The molecule has 3 aromatic rings. The van der Waals surface area contributed by atoms with E-state index in [1.807, 2.05) is 0 Å². The molecule has 4 rings (SSSR count). The summed E-state index contributed by atoms with van der Waals surface area (Å²) < 4.78 is 48.5. The average Bonchev–Trinajstić information content (AvgIpc) is 3.28. The molecule has 0 saturated heterocycles. The van der Waals surface area contributed by atoms with Crippen molar-refractivity contribution in [2.75, 3.05) is 7.11 Å². The van der Waals surface area contributed by atoms with E-state index in [4.69, 9.17) is 10.5 Å². The summed E-state index contributed by atoms with van der Waals surface area (Å²) in [6.07, 6.45) is -0.404. The van der Waals surface area contributed by atoms with Crippen molar-refractivity contribution >= 4 is 5.97 Å². The SMILES string of the molecule is COC(=O)Cc1cccc(Oc2ccc(C(F)(F)F)cc2CN)c1.c1ccc2c(c1)CCC2. The Morgan fingerprint density at radius 2 is 1.67 bits per heavy atom. The van der Waals surface area contributed by atoms with E-state index in [1.54, 1.807) is 35.4 Å². The largest absolute Gasteiger partial charge is 0.469 e. The normalized spacial score (nSPS) is 12.4. The molecule has 1 aliphatic rings. The zero-order valence-electron chi connectivity index (χ0n) is 18.3. The maximum Gasteiger partial charge on any atom is 0.416 e. The predicted molar refractivity (Wildman–Crippen MR) is 120 cm³/mol. The molecular weight excluding hydrogens is 431 g/mol. The van der Waals surface area contributed by atoms with Gasteiger partial charge in [0.25, 0.3) is 0 Å². The van der Waals surface area contributed by atoms with E-state index in [0.29, 0.717) is 11.3 Å². The van der Waals surface area contributed by atoms with Gasteiger partial charge in [0.05, 0.1) is 19.1 Å². The van der Waals surface area contributed by atoms with Crippen molar-refractivity contribution in [2.24, 2.45) is 5.73 Å². The van der Waals surface area contributed by atoms with Gasteiger partial charge < -0.3 is 15.2 Å². The summed E-state index contributed by atoms with van der Waals surface area (Å²) in [5.41, 5.74) is 8.78. The summed E-state index contributed by atoms with van der Waals surface area (Å²) in [7, 11) is 1.29. The van der Waals surface area contributed by atoms with E-state index < -0.39 is 17.7 Å². The van der Waals surface area contributed by atoms with Crippen LogP contribution in [0.15, 0.2) is 66.7 Å². The number of nitrogens with two attached hydrogens (primary N) is 1. The molecule has 1 aliphatic carbocycles. The molecular formula is C26H26F3NO3. The van der Waals surface area contributed by atoms with Crippen LogP contribution < -0.4 is 10.5 Å². The first kappa shape index (κ1) is 24.3. The van der Waals surface area contributed by atoms with Gasteiger partial charge >= 0.3 is 12.1 Å². The molecule has 0 atom stereocenters. The van der Waals surface area contributed by atoms with Gasteiger partial charge in [-0.05, 0) is 66.3 Å². The molecule has 0 aromatic heterocycles. The fourth-order valence-corrected chi connectivity index (χ4v) is 3.61. The number of fused-ring (bicyclic) bond motifs is 1. The zero-order chi connectivity index (χ0) is 23.8. The average molecular weight is 457 g/mol. The van der Waals surface area contributed by atoms with E-state index in [1.165, 1.54) is 32.4 Å². The van der Waals surface area contributed by atoms with Crippen molar-refractivity contribution in [1.29, 1.82) is 0 Å². The van der Waals surface area contributed by atoms with Crippen LogP contribution in [0.5, 0.6) is 11.5 Å². The van der Waals surface area contributed by atoms with Crippen LogP contribution in [0.4, 0.5) is 13.2 Å². The Kier molecular flexibility index (Phi) is 8.11.